The summed E-state index contributed by atoms with van der Waals surface area (Å²) < 4.78 is 0.832. The van der Waals surface area contributed by atoms with Gasteiger partial charge in [-0.25, -0.2) is 0 Å². The average Bonchev–Trinajstić information content (AvgIpc) is 3.01. The summed E-state index contributed by atoms with van der Waals surface area (Å²) in [4.78, 5) is 13.7. The summed E-state index contributed by atoms with van der Waals surface area (Å²) in [5, 5.41) is 12.3. The van der Waals surface area contributed by atoms with Crippen LogP contribution in [0.4, 0.5) is 10.8 Å². The minimum Gasteiger partial charge on any atom is -0.345 e. The summed E-state index contributed by atoms with van der Waals surface area (Å²) in [6, 6.07) is 8.11. The van der Waals surface area contributed by atoms with Crippen LogP contribution in [0.5, 0.6) is 0 Å². The Morgan fingerprint density at radius 3 is 3.00 bits per heavy atom. The lowest BCUT2D eigenvalue weighted by Crippen LogP contribution is -2.23. The van der Waals surface area contributed by atoms with E-state index in [1.807, 2.05) is 19.2 Å². The lowest BCUT2D eigenvalue weighted by Gasteiger charge is -2.07. The van der Waals surface area contributed by atoms with Crippen molar-refractivity contribution in [3.05, 3.63) is 29.8 Å². The molecule has 1 amide bonds. The van der Waals surface area contributed by atoms with Crippen molar-refractivity contribution >= 4 is 39.8 Å². The van der Waals surface area contributed by atoms with Gasteiger partial charge in [0.05, 0.1) is 5.25 Å². The molecule has 1 unspecified atom stereocenters. The van der Waals surface area contributed by atoms with E-state index in [4.69, 9.17) is 0 Å². The average molecular weight is 320 g/mol. The number of carbonyl (C=O) groups excluding carboxylic acids is 1. The van der Waals surface area contributed by atoms with Crippen molar-refractivity contribution < 1.29 is 4.79 Å². The molecule has 2 heterocycles. The number of likely N-dealkylation sites (tertiary alicyclic amines) is 1. The Morgan fingerprint density at radius 2 is 2.29 bits per heavy atom. The fourth-order valence-electron chi connectivity index (χ4n) is 2.18. The van der Waals surface area contributed by atoms with E-state index in [-0.39, 0.29) is 11.2 Å². The van der Waals surface area contributed by atoms with Gasteiger partial charge in [0.2, 0.25) is 11.0 Å². The van der Waals surface area contributed by atoms with E-state index in [2.05, 4.69) is 34.6 Å². The standard InChI is InChI=1S/C14H16N4OS2/c1-9-4-3-5-10(8-9)15-13-16-17-14(21-13)20-11-6-7-18(2)12(11)19/h3-5,8,11H,6-7H2,1-2H3,(H,15,16). The maximum absolute atomic E-state index is 11.9. The minimum absolute atomic E-state index is 0.0187. The molecule has 7 heteroatoms. The topological polar surface area (TPSA) is 58.1 Å². The van der Waals surface area contributed by atoms with Crippen LogP contribution in [0.1, 0.15) is 12.0 Å². The van der Waals surface area contributed by atoms with Crippen LogP contribution in [0.25, 0.3) is 0 Å². The van der Waals surface area contributed by atoms with Crippen LogP contribution < -0.4 is 5.32 Å². The number of rotatable bonds is 4. The number of thioether (sulfide) groups is 1. The molecule has 2 aromatic rings. The minimum atomic E-state index is -0.0187. The second kappa shape index (κ2) is 6.03. The number of aromatic nitrogens is 2. The maximum atomic E-state index is 11.9. The fourth-order valence-corrected chi connectivity index (χ4v) is 4.29. The van der Waals surface area contributed by atoms with Gasteiger partial charge in [0, 0.05) is 19.3 Å². The van der Waals surface area contributed by atoms with Gasteiger partial charge in [-0.3, -0.25) is 4.79 Å². The molecule has 1 atom stereocenters. The van der Waals surface area contributed by atoms with Crippen LogP contribution in [0.3, 0.4) is 0 Å². The van der Waals surface area contributed by atoms with E-state index in [9.17, 15) is 4.79 Å². The molecular formula is C14H16N4OS2. The molecular weight excluding hydrogens is 304 g/mol. The maximum Gasteiger partial charge on any atom is 0.235 e. The zero-order chi connectivity index (χ0) is 14.8. The fraction of sp³-hybridized carbons (Fsp3) is 0.357. The summed E-state index contributed by atoms with van der Waals surface area (Å²) in [6.45, 7) is 2.87. The van der Waals surface area contributed by atoms with Crippen LogP contribution in [0, 0.1) is 6.92 Å². The molecule has 0 radical (unpaired) electrons. The molecule has 21 heavy (non-hydrogen) atoms. The van der Waals surface area contributed by atoms with Crippen LogP contribution >= 0.6 is 23.1 Å². The number of hydrogen-bond acceptors (Lipinski definition) is 6. The van der Waals surface area contributed by atoms with E-state index in [0.717, 1.165) is 28.1 Å². The van der Waals surface area contributed by atoms with Gasteiger partial charge in [-0.05, 0) is 31.0 Å². The van der Waals surface area contributed by atoms with Crippen molar-refractivity contribution in [2.24, 2.45) is 0 Å². The molecule has 1 saturated heterocycles. The number of aryl methyl sites for hydroxylation is 1. The highest BCUT2D eigenvalue weighted by Gasteiger charge is 2.30. The predicted octanol–water partition coefficient (Wildman–Crippen LogP) is 2.91. The Hall–Kier alpha value is -1.60. The lowest BCUT2D eigenvalue weighted by molar-refractivity contribution is -0.126. The number of anilines is 2. The van der Waals surface area contributed by atoms with Crippen molar-refractivity contribution in [3.8, 4) is 0 Å². The molecule has 3 rings (SSSR count). The van der Waals surface area contributed by atoms with Gasteiger partial charge in [-0.15, -0.1) is 10.2 Å². The lowest BCUT2D eigenvalue weighted by atomic mass is 10.2. The van der Waals surface area contributed by atoms with E-state index in [0.29, 0.717) is 0 Å². The predicted molar refractivity (Wildman–Crippen MR) is 86.3 cm³/mol. The molecule has 1 aliphatic heterocycles. The summed E-state index contributed by atoms with van der Waals surface area (Å²) in [7, 11) is 1.84. The molecule has 0 saturated carbocycles. The molecule has 110 valence electrons. The van der Waals surface area contributed by atoms with Crippen molar-refractivity contribution in [2.75, 3.05) is 18.9 Å². The molecule has 1 aromatic carbocycles. The Bertz CT molecular complexity index is 658. The van der Waals surface area contributed by atoms with E-state index < -0.39 is 0 Å². The SMILES string of the molecule is Cc1cccc(Nc2nnc(SC3CCN(C)C3=O)s2)c1. The Balaban J connectivity index is 1.65. The third kappa shape index (κ3) is 3.36. The molecule has 0 spiro atoms. The van der Waals surface area contributed by atoms with Crippen LogP contribution in [-0.4, -0.2) is 39.8 Å². The van der Waals surface area contributed by atoms with Gasteiger partial charge in [0.1, 0.15) is 0 Å². The normalized spacial score (nSPS) is 18.3. The Labute approximate surface area is 131 Å². The quantitative estimate of drug-likeness (QED) is 0.938. The van der Waals surface area contributed by atoms with Crippen LogP contribution in [0.2, 0.25) is 0 Å². The first-order chi connectivity index (χ1) is 10.1. The van der Waals surface area contributed by atoms with E-state index in [1.54, 1.807) is 4.90 Å². The molecule has 1 aromatic heterocycles. The highest BCUT2D eigenvalue weighted by Crippen LogP contribution is 2.34. The van der Waals surface area contributed by atoms with Crippen molar-refractivity contribution in [1.29, 1.82) is 0 Å². The highest BCUT2D eigenvalue weighted by atomic mass is 32.2. The smallest absolute Gasteiger partial charge is 0.235 e. The summed E-state index contributed by atoms with van der Waals surface area (Å²) in [6.07, 6.45) is 0.875. The third-order valence-electron chi connectivity index (χ3n) is 3.30. The second-order valence-electron chi connectivity index (χ2n) is 5.02. The van der Waals surface area contributed by atoms with Crippen LogP contribution in [0.15, 0.2) is 28.6 Å². The van der Waals surface area contributed by atoms with E-state index >= 15 is 0 Å². The number of carbonyl (C=O) groups is 1. The van der Waals surface area contributed by atoms with Gasteiger partial charge in [0.15, 0.2) is 4.34 Å². The van der Waals surface area contributed by atoms with Gasteiger partial charge in [0.25, 0.3) is 0 Å². The number of nitrogens with zero attached hydrogens (tertiary/aromatic N) is 3. The number of nitrogens with one attached hydrogen (secondary N) is 1. The van der Waals surface area contributed by atoms with Gasteiger partial charge >= 0.3 is 0 Å². The summed E-state index contributed by atoms with van der Waals surface area (Å²) in [5.41, 5.74) is 2.19. The molecule has 5 nitrogen and oxygen atoms in total. The van der Waals surface area contributed by atoms with E-state index in [1.165, 1.54) is 28.7 Å². The third-order valence-corrected chi connectivity index (χ3v) is 5.47. The monoisotopic (exact) mass is 320 g/mol. The highest BCUT2D eigenvalue weighted by molar-refractivity contribution is 8.02. The van der Waals surface area contributed by atoms with Gasteiger partial charge < -0.3 is 10.2 Å². The number of benzene rings is 1. The second-order valence-corrected chi connectivity index (χ2v) is 7.45. The summed E-state index contributed by atoms with van der Waals surface area (Å²) >= 11 is 2.99. The first-order valence-corrected chi connectivity index (χ1v) is 8.40. The molecule has 1 aliphatic rings. The van der Waals surface area contributed by atoms with Crippen molar-refractivity contribution in [2.45, 2.75) is 22.9 Å². The molecule has 1 N–H and O–H groups in total. The Kier molecular flexibility index (Phi) is 4.12. The first-order valence-electron chi connectivity index (χ1n) is 6.70. The van der Waals surface area contributed by atoms with Gasteiger partial charge in [-0.1, -0.05) is 35.2 Å². The molecule has 0 aliphatic carbocycles. The number of hydrogen-bond donors (Lipinski definition) is 1. The summed E-state index contributed by atoms with van der Waals surface area (Å²) in [5.74, 6) is 0.184. The molecule has 0 bridgehead atoms. The Morgan fingerprint density at radius 1 is 1.43 bits per heavy atom. The number of amides is 1. The zero-order valence-corrected chi connectivity index (χ0v) is 13.5. The largest absolute Gasteiger partial charge is 0.345 e. The van der Waals surface area contributed by atoms with Crippen molar-refractivity contribution in [1.82, 2.24) is 15.1 Å². The van der Waals surface area contributed by atoms with Crippen molar-refractivity contribution in [3.63, 3.8) is 0 Å². The van der Waals surface area contributed by atoms with Crippen LogP contribution in [-0.2, 0) is 4.79 Å². The zero-order valence-electron chi connectivity index (χ0n) is 11.9. The molecule has 1 fully saturated rings. The van der Waals surface area contributed by atoms with Gasteiger partial charge in [-0.2, -0.15) is 0 Å². The first kappa shape index (κ1) is 14.3.